The third-order valence-electron chi connectivity index (χ3n) is 1.31. The molecule has 0 radical (unpaired) electrons. The van der Waals surface area contributed by atoms with Gasteiger partial charge < -0.3 is 0 Å². The molecule has 0 spiro atoms. The van der Waals surface area contributed by atoms with Crippen molar-refractivity contribution in [3.63, 3.8) is 0 Å². The van der Waals surface area contributed by atoms with Crippen LogP contribution in [0.15, 0.2) is 18.3 Å². The number of nitriles is 1. The highest BCUT2D eigenvalue weighted by atomic mass is 32.2. The summed E-state index contributed by atoms with van der Waals surface area (Å²) in [5, 5.41) is 8.51. The van der Waals surface area contributed by atoms with Gasteiger partial charge in [-0.15, -0.1) is 0 Å². The Hall–Kier alpha value is -1.21. The largest absolute Gasteiger partial charge is 0.260 e. The van der Waals surface area contributed by atoms with Crippen molar-refractivity contribution in [2.45, 2.75) is 5.75 Å². The van der Waals surface area contributed by atoms with Crippen LogP contribution in [0.1, 0.15) is 11.3 Å². The molecule has 3 nitrogen and oxygen atoms in total. The normalized spacial score (nSPS) is 12.0. The van der Waals surface area contributed by atoms with Crippen LogP contribution in [0.5, 0.6) is 0 Å². The summed E-state index contributed by atoms with van der Waals surface area (Å²) in [4.78, 5) is 3.81. The molecule has 1 aromatic rings. The second-order valence-corrected chi connectivity index (χ2v) is 3.81. The van der Waals surface area contributed by atoms with E-state index in [1.807, 2.05) is 6.07 Å². The smallest absolute Gasteiger partial charge is 0.140 e. The maximum atomic E-state index is 10.8. The van der Waals surface area contributed by atoms with E-state index in [-0.39, 0.29) is 0 Å². The van der Waals surface area contributed by atoms with Gasteiger partial charge in [-0.3, -0.25) is 4.21 Å². The van der Waals surface area contributed by atoms with Crippen molar-refractivity contribution in [3.8, 4) is 6.07 Å². The zero-order valence-corrected chi connectivity index (χ0v) is 7.47. The molecule has 0 amide bonds. The average Bonchev–Trinajstić information content (AvgIpc) is 2.03. The second-order valence-electron chi connectivity index (χ2n) is 2.38. The van der Waals surface area contributed by atoms with Crippen molar-refractivity contribution in [3.05, 3.63) is 29.6 Å². The molecular formula is C8H8N2OS. The summed E-state index contributed by atoms with van der Waals surface area (Å²) in [5.41, 5.74) is 1.26. The van der Waals surface area contributed by atoms with Crippen molar-refractivity contribution in [2.75, 3.05) is 6.26 Å². The van der Waals surface area contributed by atoms with Crippen LogP contribution in [-0.4, -0.2) is 15.4 Å². The summed E-state index contributed by atoms with van der Waals surface area (Å²) in [7, 11) is -0.864. The van der Waals surface area contributed by atoms with E-state index >= 15 is 0 Å². The molecule has 0 aromatic carbocycles. The molecule has 4 heteroatoms. The molecule has 12 heavy (non-hydrogen) atoms. The maximum Gasteiger partial charge on any atom is 0.140 e. The van der Waals surface area contributed by atoms with E-state index in [1.54, 1.807) is 24.6 Å². The standard InChI is InChI=1S/C8H8N2OS/c1-12(11)6-7-2-3-10-8(4-7)5-9/h2-4H,6H2,1H3. The van der Waals surface area contributed by atoms with Crippen molar-refractivity contribution >= 4 is 10.8 Å². The summed E-state index contributed by atoms with van der Waals surface area (Å²) < 4.78 is 10.8. The van der Waals surface area contributed by atoms with Gasteiger partial charge in [-0.25, -0.2) is 4.98 Å². The minimum atomic E-state index is -0.864. The zero-order chi connectivity index (χ0) is 8.97. The molecule has 1 heterocycles. The summed E-state index contributed by atoms with van der Waals surface area (Å²) in [6.45, 7) is 0. The van der Waals surface area contributed by atoms with Crippen LogP contribution in [-0.2, 0) is 16.6 Å². The number of hydrogen-bond acceptors (Lipinski definition) is 3. The van der Waals surface area contributed by atoms with E-state index in [2.05, 4.69) is 4.98 Å². The fourth-order valence-corrected chi connectivity index (χ4v) is 1.51. The van der Waals surface area contributed by atoms with Crippen molar-refractivity contribution in [1.82, 2.24) is 4.98 Å². The topological polar surface area (TPSA) is 53.8 Å². The van der Waals surface area contributed by atoms with Crippen molar-refractivity contribution in [2.24, 2.45) is 0 Å². The Bertz CT molecular complexity index is 343. The highest BCUT2D eigenvalue weighted by molar-refractivity contribution is 7.83. The highest BCUT2D eigenvalue weighted by Crippen LogP contribution is 2.02. The van der Waals surface area contributed by atoms with Crippen molar-refractivity contribution < 1.29 is 4.21 Å². The highest BCUT2D eigenvalue weighted by Gasteiger charge is 1.97. The molecule has 0 fully saturated rings. The Morgan fingerprint density at radius 2 is 2.50 bits per heavy atom. The molecule has 0 aliphatic carbocycles. The minimum Gasteiger partial charge on any atom is -0.260 e. The van der Waals surface area contributed by atoms with Crippen LogP contribution < -0.4 is 0 Å². The van der Waals surface area contributed by atoms with E-state index in [0.29, 0.717) is 11.4 Å². The van der Waals surface area contributed by atoms with Gasteiger partial charge in [0.05, 0.1) is 0 Å². The molecule has 0 saturated heterocycles. The molecule has 1 atom stereocenters. The molecule has 1 unspecified atom stereocenters. The summed E-state index contributed by atoms with van der Waals surface area (Å²) in [6, 6.07) is 5.35. The Balaban J connectivity index is 2.88. The molecular weight excluding hydrogens is 172 g/mol. The first kappa shape index (κ1) is 8.88. The van der Waals surface area contributed by atoms with E-state index in [4.69, 9.17) is 5.26 Å². The lowest BCUT2D eigenvalue weighted by Crippen LogP contribution is -1.93. The van der Waals surface area contributed by atoms with E-state index < -0.39 is 10.8 Å². The van der Waals surface area contributed by atoms with Gasteiger partial charge in [-0.1, -0.05) is 0 Å². The molecule has 0 saturated carbocycles. The molecule has 0 aliphatic rings. The van der Waals surface area contributed by atoms with Gasteiger partial charge in [0.15, 0.2) is 0 Å². The van der Waals surface area contributed by atoms with Gasteiger partial charge in [0.25, 0.3) is 0 Å². The minimum absolute atomic E-state index is 0.373. The van der Waals surface area contributed by atoms with Crippen LogP contribution in [0.2, 0.25) is 0 Å². The van der Waals surface area contributed by atoms with Gasteiger partial charge in [0.1, 0.15) is 11.8 Å². The average molecular weight is 180 g/mol. The predicted molar refractivity (Wildman–Crippen MR) is 46.7 cm³/mol. The van der Waals surface area contributed by atoms with Gasteiger partial charge in [0, 0.05) is 29.0 Å². The fraction of sp³-hybridized carbons (Fsp3) is 0.250. The lowest BCUT2D eigenvalue weighted by molar-refractivity contribution is 0.686. The van der Waals surface area contributed by atoms with Crippen LogP contribution >= 0.6 is 0 Å². The van der Waals surface area contributed by atoms with Gasteiger partial charge in [-0.2, -0.15) is 5.26 Å². The first-order valence-corrected chi connectivity index (χ1v) is 5.10. The van der Waals surface area contributed by atoms with Gasteiger partial charge >= 0.3 is 0 Å². The SMILES string of the molecule is CS(=O)Cc1ccnc(C#N)c1. The Kier molecular flexibility index (Phi) is 2.94. The first-order chi connectivity index (χ1) is 5.72. The monoisotopic (exact) mass is 180 g/mol. The van der Waals surface area contributed by atoms with Crippen LogP contribution in [0.4, 0.5) is 0 Å². The van der Waals surface area contributed by atoms with E-state index in [9.17, 15) is 4.21 Å². The van der Waals surface area contributed by atoms with E-state index in [0.717, 1.165) is 5.56 Å². The number of rotatable bonds is 2. The van der Waals surface area contributed by atoms with Gasteiger partial charge in [-0.05, 0) is 17.7 Å². The zero-order valence-electron chi connectivity index (χ0n) is 6.65. The van der Waals surface area contributed by atoms with Gasteiger partial charge in [0.2, 0.25) is 0 Å². The second kappa shape index (κ2) is 3.98. The lowest BCUT2D eigenvalue weighted by atomic mass is 10.2. The quantitative estimate of drug-likeness (QED) is 0.677. The number of pyridine rings is 1. The summed E-state index contributed by atoms with van der Waals surface area (Å²) in [6.07, 6.45) is 3.19. The lowest BCUT2D eigenvalue weighted by Gasteiger charge is -1.96. The Morgan fingerprint density at radius 1 is 1.75 bits per heavy atom. The number of hydrogen-bond donors (Lipinski definition) is 0. The van der Waals surface area contributed by atoms with Crippen LogP contribution in [0, 0.1) is 11.3 Å². The summed E-state index contributed by atoms with van der Waals surface area (Å²) in [5.74, 6) is 0.483. The maximum absolute atomic E-state index is 10.8. The molecule has 1 aromatic heterocycles. The summed E-state index contributed by atoms with van der Waals surface area (Å²) >= 11 is 0. The predicted octanol–water partition coefficient (Wildman–Crippen LogP) is 0.832. The molecule has 0 bridgehead atoms. The number of aromatic nitrogens is 1. The fourth-order valence-electron chi connectivity index (χ4n) is 0.860. The Labute approximate surface area is 73.5 Å². The third-order valence-corrected chi connectivity index (χ3v) is 2.05. The van der Waals surface area contributed by atoms with Crippen molar-refractivity contribution in [1.29, 1.82) is 5.26 Å². The van der Waals surface area contributed by atoms with Crippen LogP contribution in [0.25, 0.3) is 0 Å². The Morgan fingerprint density at radius 3 is 3.08 bits per heavy atom. The molecule has 0 aliphatic heterocycles. The number of nitrogens with zero attached hydrogens (tertiary/aromatic N) is 2. The van der Waals surface area contributed by atoms with Crippen LogP contribution in [0.3, 0.4) is 0 Å². The first-order valence-electron chi connectivity index (χ1n) is 3.37. The molecule has 0 N–H and O–H groups in total. The third kappa shape index (κ3) is 2.44. The molecule has 62 valence electrons. The molecule has 1 rings (SSSR count). The van der Waals surface area contributed by atoms with E-state index in [1.165, 1.54) is 0 Å².